The van der Waals surface area contributed by atoms with Crippen LogP contribution < -0.4 is 10.6 Å². The standard InChI is InChI=1S/C7H16N2S/c10-6-7-4-8-2-1-3-9-5-7/h7-10H,1-6H2. The largest absolute Gasteiger partial charge is 0.316 e. The highest BCUT2D eigenvalue weighted by molar-refractivity contribution is 7.80. The van der Waals surface area contributed by atoms with Crippen molar-refractivity contribution in [2.45, 2.75) is 6.42 Å². The van der Waals surface area contributed by atoms with E-state index in [0.717, 1.165) is 31.9 Å². The summed E-state index contributed by atoms with van der Waals surface area (Å²) in [6.45, 7) is 4.54. The molecular formula is C7H16N2S. The second kappa shape index (κ2) is 4.99. The number of thiol groups is 1. The Balaban J connectivity index is 2.16. The van der Waals surface area contributed by atoms with Gasteiger partial charge in [0.25, 0.3) is 0 Å². The molecule has 60 valence electrons. The lowest BCUT2D eigenvalue weighted by atomic mass is 10.1. The molecule has 0 aromatic rings. The van der Waals surface area contributed by atoms with Crippen molar-refractivity contribution in [1.82, 2.24) is 10.6 Å². The summed E-state index contributed by atoms with van der Waals surface area (Å²) in [5, 5.41) is 6.80. The highest BCUT2D eigenvalue weighted by atomic mass is 32.1. The molecule has 0 unspecified atom stereocenters. The Bertz CT molecular complexity index is 79.7. The zero-order valence-electron chi connectivity index (χ0n) is 6.27. The molecule has 1 aliphatic heterocycles. The lowest BCUT2D eigenvalue weighted by Crippen LogP contribution is -2.37. The maximum Gasteiger partial charge on any atom is -0.0000541 e. The van der Waals surface area contributed by atoms with Gasteiger partial charge in [0.2, 0.25) is 0 Å². The predicted octanol–water partition coefficient (Wildman–Crippen LogP) is 0.115. The molecule has 0 bridgehead atoms. The molecule has 1 fully saturated rings. The molecule has 10 heavy (non-hydrogen) atoms. The number of nitrogens with one attached hydrogen (secondary N) is 2. The van der Waals surface area contributed by atoms with Gasteiger partial charge in [-0.05, 0) is 44.3 Å². The van der Waals surface area contributed by atoms with Crippen LogP contribution in [0.3, 0.4) is 0 Å². The van der Waals surface area contributed by atoms with Gasteiger partial charge in [-0.3, -0.25) is 0 Å². The highest BCUT2D eigenvalue weighted by Gasteiger charge is 2.07. The van der Waals surface area contributed by atoms with Crippen LogP contribution in [0.1, 0.15) is 6.42 Å². The Morgan fingerprint density at radius 2 is 1.80 bits per heavy atom. The molecule has 0 aromatic carbocycles. The molecule has 2 N–H and O–H groups in total. The Kier molecular flexibility index (Phi) is 4.18. The van der Waals surface area contributed by atoms with E-state index in [-0.39, 0.29) is 0 Å². The van der Waals surface area contributed by atoms with Gasteiger partial charge in [-0.2, -0.15) is 12.6 Å². The Morgan fingerprint density at radius 1 is 1.20 bits per heavy atom. The van der Waals surface area contributed by atoms with Crippen LogP contribution >= 0.6 is 12.6 Å². The number of rotatable bonds is 1. The van der Waals surface area contributed by atoms with Crippen molar-refractivity contribution >= 4 is 12.6 Å². The fourth-order valence-corrected chi connectivity index (χ4v) is 1.41. The van der Waals surface area contributed by atoms with Crippen LogP contribution in [0.2, 0.25) is 0 Å². The molecule has 0 atom stereocenters. The number of hydrogen-bond acceptors (Lipinski definition) is 3. The third-order valence-corrected chi connectivity index (χ3v) is 2.35. The Labute approximate surface area is 68.2 Å². The first-order valence-electron chi connectivity index (χ1n) is 3.96. The average Bonchev–Trinajstić information content (AvgIpc) is 1.87. The van der Waals surface area contributed by atoms with E-state index < -0.39 is 0 Å². The molecule has 1 heterocycles. The van der Waals surface area contributed by atoms with Gasteiger partial charge in [0, 0.05) is 0 Å². The Morgan fingerprint density at radius 3 is 2.30 bits per heavy atom. The van der Waals surface area contributed by atoms with E-state index in [1.54, 1.807) is 0 Å². The summed E-state index contributed by atoms with van der Waals surface area (Å²) in [5.41, 5.74) is 0. The first-order chi connectivity index (χ1) is 4.93. The molecule has 0 saturated carbocycles. The minimum Gasteiger partial charge on any atom is -0.316 e. The van der Waals surface area contributed by atoms with Gasteiger partial charge >= 0.3 is 0 Å². The minimum atomic E-state index is 0.712. The normalized spacial score (nSPS) is 23.7. The van der Waals surface area contributed by atoms with Crippen molar-refractivity contribution in [2.24, 2.45) is 5.92 Å². The predicted molar refractivity (Wildman–Crippen MR) is 47.7 cm³/mol. The molecule has 1 aliphatic rings. The highest BCUT2D eigenvalue weighted by Crippen LogP contribution is 1.97. The van der Waals surface area contributed by atoms with Crippen molar-refractivity contribution in [1.29, 1.82) is 0 Å². The van der Waals surface area contributed by atoms with E-state index >= 15 is 0 Å². The monoisotopic (exact) mass is 160 g/mol. The second-order valence-electron chi connectivity index (χ2n) is 2.81. The van der Waals surface area contributed by atoms with Crippen molar-refractivity contribution < 1.29 is 0 Å². The first-order valence-corrected chi connectivity index (χ1v) is 4.59. The first kappa shape index (κ1) is 8.37. The molecule has 0 aromatic heterocycles. The van der Waals surface area contributed by atoms with E-state index in [0.29, 0.717) is 5.92 Å². The molecule has 0 spiro atoms. The van der Waals surface area contributed by atoms with Crippen LogP contribution in [0.5, 0.6) is 0 Å². The molecule has 1 saturated heterocycles. The van der Waals surface area contributed by atoms with Gasteiger partial charge in [0.15, 0.2) is 0 Å². The van der Waals surface area contributed by atoms with Crippen molar-refractivity contribution in [3.05, 3.63) is 0 Å². The zero-order chi connectivity index (χ0) is 7.23. The van der Waals surface area contributed by atoms with Crippen LogP contribution in [-0.2, 0) is 0 Å². The van der Waals surface area contributed by atoms with E-state index in [1.807, 2.05) is 0 Å². The van der Waals surface area contributed by atoms with Crippen LogP contribution in [-0.4, -0.2) is 31.9 Å². The molecule has 1 rings (SSSR count). The minimum absolute atomic E-state index is 0.712. The van der Waals surface area contributed by atoms with Gasteiger partial charge < -0.3 is 10.6 Å². The fraction of sp³-hybridized carbons (Fsp3) is 1.00. The lowest BCUT2D eigenvalue weighted by molar-refractivity contribution is 0.440. The quantitative estimate of drug-likeness (QED) is 0.475. The van der Waals surface area contributed by atoms with Crippen LogP contribution in [0.4, 0.5) is 0 Å². The molecule has 3 heteroatoms. The summed E-state index contributed by atoms with van der Waals surface area (Å²) in [5.74, 6) is 1.70. The van der Waals surface area contributed by atoms with E-state index in [9.17, 15) is 0 Å². The van der Waals surface area contributed by atoms with Crippen LogP contribution in [0.15, 0.2) is 0 Å². The van der Waals surface area contributed by atoms with Gasteiger partial charge in [-0.1, -0.05) is 0 Å². The lowest BCUT2D eigenvalue weighted by Gasteiger charge is -2.19. The summed E-state index contributed by atoms with van der Waals surface area (Å²) in [4.78, 5) is 0. The summed E-state index contributed by atoms with van der Waals surface area (Å²) in [7, 11) is 0. The maximum absolute atomic E-state index is 4.27. The van der Waals surface area contributed by atoms with Gasteiger partial charge in [0.1, 0.15) is 0 Å². The average molecular weight is 160 g/mol. The maximum atomic E-state index is 4.27. The third kappa shape index (κ3) is 2.90. The topological polar surface area (TPSA) is 24.1 Å². The van der Waals surface area contributed by atoms with E-state index in [4.69, 9.17) is 0 Å². The Hall–Kier alpha value is 0.270. The van der Waals surface area contributed by atoms with Crippen molar-refractivity contribution in [3.8, 4) is 0 Å². The summed E-state index contributed by atoms with van der Waals surface area (Å²) < 4.78 is 0. The summed E-state index contributed by atoms with van der Waals surface area (Å²) >= 11 is 4.27. The molecular weight excluding hydrogens is 144 g/mol. The van der Waals surface area contributed by atoms with Crippen molar-refractivity contribution in [3.63, 3.8) is 0 Å². The van der Waals surface area contributed by atoms with Gasteiger partial charge in [-0.15, -0.1) is 0 Å². The second-order valence-corrected chi connectivity index (χ2v) is 3.18. The van der Waals surface area contributed by atoms with E-state index in [2.05, 4.69) is 23.3 Å². The van der Waals surface area contributed by atoms with Crippen LogP contribution in [0.25, 0.3) is 0 Å². The number of hydrogen-bond donors (Lipinski definition) is 3. The van der Waals surface area contributed by atoms with E-state index in [1.165, 1.54) is 6.42 Å². The summed E-state index contributed by atoms with van der Waals surface area (Å²) in [6.07, 6.45) is 1.25. The third-order valence-electron chi connectivity index (χ3n) is 1.83. The van der Waals surface area contributed by atoms with Gasteiger partial charge in [-0.25, -0.2) is 0 Å². The van der Waals surface area contributed by atoms with Crippen LogP contribution in [0, 0.1) is 5.92 Å². The molecule has 0 aliphatic carbocycles. The smallest absolute Gasteiger partial charge is 0.0000541 e. The molecule has 0 radical (unpaired) electrons. The molecule has 2 nitrogen and oxygen atoms in total. The molecule has 0 amide bonds. The zero-order valence-corrected chi connectivity index (χ0v) is 7.16. The van der Waals surface area contributed by atoms with Gasteiger partial charge in [0.05, 0.1) is 0 Å². The SMILES string of the molecule is SCC1CNCCCNC1. The fourth-order valence-electron chi connectivity index (χ4n) is 1.15. The summed E-state index contributed by atoms with van der Waals surface area (Å²) in [6, 6.07) is 0. The van der Waals surface area contributed by atoms with Crippen molar-refractivity contribution in [2.75, 3.05) is 31.9 Å².